The quantitative estimate of drug-likeness (QED) is 0.749. The summed E-state index contributed by atoms with van der Waals surface area (Å²) in [6.45, 7) is 0. The minimum Gasteiger partial charge on any atom is -0.192 e. The lowest BCUT2D eigenvalue weighted by molar-refractivity contribution is 1.50. The second kappa shape index (κ2) is 5.63. The van der Waals surface area contributed by atoms with E-state index in [-0.39, 0.29) is 5.57 Å². The van der Waals surface area contributed by atoms with E-state index in [4.69, 9.17) is 10.5 Å². The van der Waals surface area contributed by atoms with Gasteiger partial charge in [-0.2, -0.15) is 10.5 Å². The summed E-state index contributed by atoms with van der Waals surface area (Å²) in [6, 6.07) is 15.9. The van der Waals surface area contributed by atoms with E-state index in [1.165, 1.54) is 9.46 Å². The van der Waals surface area contributed by atoms with Crippen molar-refractivity contribution in [3.05, 3.63) is 46.8 Å². The molecule has 0 aromatic heterocycles. The average molecular weight is 294 g/mol. The third-order valence-corrected chi connectivity index (χ3v) is 5.93. The van der Waals surface area contributed by atoms with Crippen LogP contribution in [0.4, 0.5) is 0 Å². The summed E-state index contributed by atoms with van der Waals surface area (Å²) >= 11 is 3.76. The molecular weight excluding hydrogens is 284 g/mol. The fraction of sp³-hybridized carbons (Fsp3) is 0.125. The minimum absolute atomic E-state index is 0.171. The van der Waals surface area contributed by atoms with E-state index in [1.807, 2.05) is 66.0 Å². The molecule has 0 bridgehead atoms. The van der Waals surface area contributed by atoms with Gasteiger partial charge in [0.2, 0.25) is 0 Å². The Morgan fingerprint density at radius 3 is 2.20 bits per heavy atom. The van der Waals surface area contributed by atoms with E-state index in [9.17, 15) is 0 Å². The molecule has 0 atom stereocenters. The smallest absolute Gasteiger partial charge is 0.137 e. The molecular formula is C16H10N2S2. The maximum absolute atomic E-state index is 9.10. The maximum atomic E-state index is 9.10. The molecule has 96 valence electrons. The van der Waals surface area contributed by atoms with Crippen LogP contribution in [0.3, 0.4) is 0 Å². The standard InChI is InChI=1S/C16H10N2S2/c17-9-11(10-18)12-5-6-15(16-19-7-8-20-16)14-4-2-1-3-13(12)14/h1-6H,7-8H2. The van der Waals surface area contributed by atoms with Gasteiger partial charge in [0.05, 0.1) is 0 Å². The first-order valence-corrected chi connectivity index (χ1v) is 8.14. The Kier molecular flexibility index (Phi) is 3.69. The van der Waals surface area contributed by atoms with Crippen LogP contribution >= 0.6 is 23.5 Å². The zero-order valence-electron chi connectivity index (χ0n) is 10.6. The molecule has 1 aliphatic heterocycles. The molecule has 1 aliphatic rings. The summed E-state index contributed by atoms with van der Waals surface area (Å²) in [6.07, 6.45) is 0. The number of thioether (sulfide) groups is 2. The maximum Gasteiger partial charge on any atom is 0.137 e. The molecule has 0 saturated carbocycles. The summed E-state index contributed by atoms with van der Waals surface area (Å²) in [5.74, 6) is 2.29. The normalized spacial score (nSPS) is 14.0. The number of fused-ring (bicyclic) bond motifs is 1. The largest absolute Gasteiger partial charge is 0.192 e. The van der Waals surface area contributed by atoms with Gasteiger partial charge >= 0.3 is 0 Å². The van der Waals surface area contributed by atoms with E-state index in [2.05, 4.69) is 6.07 Å². The third kappa shape index (κ3) is 2.18. The molecule has 0 amide bonds. The van der Waals surface area contributed by atoms with E-state index in [1.54, 1.807) is 0 Å². The number of benzene rings is 2. The van der Waals surface area contributed by atoms with Crippen LogP contribution in [0.25, 0.3) is 20.6 Å². The molecule has 3 rings (SSSR count). The number of rotatable bonds is 0. The molecule has 2 nitrogen and oxygen atoms in total. The number of nitriles is 2. The van der Waals surface area contributed by atoms with E-state index < -0.39 is 0 Å². The molecule has 1 saturated heterocycles. The molecule has 1 fully saturated rings. The van der Waals surface area contributed by atoms with Gasteiger partial charge in [-0.3, -0.25) is 0 Å². The highest BCUT2D eigenvalue weighted by Gasteiger charge is 2.11. The molecule has 2 aromatic rings. The minimum atomic E-state index is 0.171. The van der Waals surface area contributed by atoms with Gasteiger partial charge in [0.25, 0.3) is 0 Å². The lowest BCUT2D eigenvalue weighted by atomic mass is 10.0. The summed E-state index contributed by atoms with van der Waals surface area (Å²) in [5.41, 5.74) is 0.171. The summed E-state index contributed by atoms with van der Waals surface area (Å²) in [7, 11) is 0. The molecule has 0 unspecified atom stereocenters. The van der Waals surface area contributed by atoms with Crippen LogP contribution < -0.4 is 10.4 Å². The third-order valence-electron chi connectivity index (χ3n) is 3.19. The predicted molar refractivity (Wildman–Crippen MR) is 86.2 cm³/mol. The second-order valence-electron chi connectivity index (χ2n) is 4.29. The van der Waals surface area contributed by atoms with Crippen LogP contribution in [0.2, 0.25) is 0 Å². The zero-order valence-corrected chi connectivity index (χ0v) is 12.2. The molecule has 0 aliphatic carbocycles. The summed E-state index contributed by atoms with van der Waals surface area (Å²) < 4.78 is 1.34. The van der Waals surface area contributed by atoms with E-state index in [0.717, 1.165) is 27.5 Å². The number of nitrogens with zero attached hydrogens (tertiary/aromatic N) is 2. The van der Waals surface area contributed by atoms with Gasteiger partial charge < -0.3 is 0 Å². The van der Waals surface area contributed by atoms with Crippen molar-refractivity contribution in [3.63, 3.8) is 0 Å². The van der Waals surface area contributed by atoms with E-state index >= 15 is 0 Å². The van der Waals surface area contributed by atoms with Gasteiger partial charge in [-0.05, 0) is 10.8 Å². The first kappa shape index (κ1) is 13.1. The number of hydrogen-bond acceptors (Lipinski definition) is 4. The lowest BCUT2D eigenvalue weighted by Gasteiger charge is -2.03. The Labute approximate surface area is 125 Å². The van der Waals surface area contributed by atoms with Gasteiger partial charge in [-0.1, -0.05) is 36.4 Å². The zero-order chi connectivity index (χ0) is 13.9. The highest BCUT2D eigenvalue weighted by atomic mass is 32.2. The monoisotopic (exact) mass is 294 g/mol. The summed E-state index contributed by atoms with van der Waals surface area (Å²) in [4.78, 5) is 0. The van der Waals surface area contributed by atoms with Crippen LogP contribution in [-0.4, -0.2) is 11.5 Å². The predicted octanol–water partition coefficient (Wildman–Crippen LogP) is 2.58. The van der Waals surface area contributed by atoms with Crippen molar-refractivity contribution < 1.29 is 0 Å². The van der Waals surface area contributed by atoms with Crippen LogP contribution in [0, 0.1) is 22.7 Å². The molecule has 1 heterocycles. The van der Waals surface area contributed by atoms with Gasteiger partial charge in [0, 0.05) is 26.2 Å². The first-order valence-electron chi connectivity index (χ1n) is 6.17. The van der Waals surface area contributed by atoms with Crippen molar-refractivity contribution in [1.82, 2.24) is 0 Å². The van der Waals surface area contributed by atoms with Crippen LogP contribution in [-0.2, 0) is 0 Å². The molecule has 0 radical (unpaired) electrons. The van der Waals surface area contributed by atoms with Gasteiger partial charge in [-0.25, -0.2) is 0 Å². The van der Waals surface area contributed by atoms with Crippen molar-refractivity contribution in [1.29, 1.82) is 10.5 Å². The van der Waals surface area contributed by atoms with Crippen molar-refractivity contribution >= 4 is 44.1 Å². The Hall–Kier alpha value is -1.88. The first-order chi connectivity index (χ1) is 9.85. The molecule has 0 N–H and O–H groups in total. The van der Waals surface area contributed by atoms with Gasteiger partial charge in [0.1, 0.15) is 17.7 Å². The fourth-order valence-electron chi connectivity index (χ4n) is 2.31. The molecule has 2 aromatic carbocycles. The van der Waals surface area contributed by atoms with Crippen molar-refractivity contribution in [2.75, 3.05) is 11.5 Å². The highest BCUT2D eigenvalue weighted by Crippen LogP contribution is 2.36. The molecule has 0 spiro atoms. The van der Waals surface area contributed by atoms with Crippen molar-refractivity contribution in [3.8, 4) is 12.1 Å². The Bertz CT molecular complexity index is 861. The van der Waals surface area contributed by atoms with Crippen molar-refractivity contribution in [2.24, 2.45) is 0 Å². The van der Waals surface area contributed by atoms with Crippen molar-refractivity contribution in [2.45, 2.75) is 0 Å². The number of hydrogen-bond donors (Lipinski definition) is 0. The average Bonchev–Trinajstić information content (AvgIpc) is 3.02. The van der Waals surface area contributed by atoms with Crippen LogP contribution in [0.1, 0.15) is 0 Å². The lowest BCUT2D eigenvalue weighted by Crippen LogP contribution is -2.14. The van der Waals surface area contributed by atoms with Crippen LogP contribution in [0.5, 0.6) is 0 Å². The Balaban J connectivity index is 2.51. The SMILES string of the molecule is N#CC(C#N)=c1ccc(=C2SCCS2)c2ccccc12. The summed E-state index contributed by atoms with van der Waals surface area (Å²) in [5, 5.41) is 22.2. The van der Waals surface area contributed by atoms with Gasteiger partial charge in [-0.15, -0.1) is 23.5 Å². The fourth-order valence-corrected chi connectivity index (χ4v) is 4.84. The second-order valence-corrected chi connectivity index (χ2v) is 6.76. The Morgan fingerprint density at radius 2 is 1.55 bits per heavy atom. The Morgan fingerprint density at radius 1 is 0.900 bits per heavy atom. The highest BCUT2D eigenvalue weighted by molar-refractivity contribution is 8.32. The molecule has 20 heavy (non-hydrogen) atoms. The van der Waals surface area contributed by atoms with E-state index in [0.29, 0.717) is 0 Å². The van der Waals surface area contributed by atoms with Crippen LogP contribution in [0.15, 0.2) is 36.4 Å². The van der Waals surface area contributed by atoms with Gasteiger partial charge in [0.15, 0.2) is 0 Å². The molecule has 4 heteroatoms. The topological polar surface area (TPSA) is 47.6 Å².